The van der Waals surface area contributed by atoms with Crippen LogP contribution in [0.2, 0.25) is 0 Å². The monoisotopic (exact) mass is 427 g/mol. The third kappa shape index (κ3) is 3.36. The van der Waals surface area contributed by atoms with Gasteiger partial charge in [-0.05, 0) is 30.9 Å². The highest BCUT2D eigenvalue weighted by Crippen LogP contribution is 2.51. The number of nitriles is 1. The molecule has 28 heavy (non-hydrogen) atoms. The predicted molar refractivity (Wildman–Crippen MR) is 102 cm³/mol. The van der Waals surface area contributed by atoms with E-state index in [1.807, 2.05) is 13.0 Å². The van der Waals surface area contributed by atoms with E-state index in [1.54, 1.807) is 18.2 Å². The Morgan fingerprint density at radius 1 is 1.39 bits per heavy atom. The van der Waals surface area contributed by atoms with Crippen LogP contribution in [0.3, 0.4) is 0 Å². The first-order chi connectivity index (χ1) is 12.7. The van der Waals surface area contributed by atoms with Crippen molar-refractivity contribution in [2.24, 2.45) is 11.1 Å². The van der Waals surface area contributed by atoms with Gasteiger partial charge in [0.05, 0.1) is 16.2 Å². The molecule has 1 aromatic carbocycles. The SMILES string of the molecule is CCc1ccccc1S(=O)(=O)[C@@H]1C[C@@H](C(=O)O)N(C2CC2(C#N)C(N)=O)C1.Cl. The van der Waals surface area contributed by atoms with Gasteiger partial charge in [-0.1, -0.05) is 25.1 Å². The Morgan fingerprint density at radius 3 is 2.54 bits per heavy atom. The van der Waals surface area contributed by atoms with Crippen LogP contribution in [0.15, 0.2) is 29.2 Å². The summed E-state index contributed by atoms with van der Waals surface area (Å²) in [7, 11) is -3.75. The first kappa shape index (κ1) is 22.1. The van der Waals surface area contributed by atoms with Gasteiger partial charge < -0.3 is 10.8 Å². The largest absolute Gasteiger partial charge is 0.480 e. The normalized spacial score (nSPS) is 29.5. The molecule has 152 valence electrons. The minimum absolute atomic E-state index is 0. The van der Waals surface area contributed by atoms with E-state index < -0.39 is 44.5 Å². The Hall–Kier alpha value is -2.15. The number of carbonyl (C=O) groups is 2. The van der Waals surface area contributed by atoms with Crippen molar-refractivity contribution in [1.29, 1.82) is 5.26 Å². The van der Waals surface area contributed by atoms with E-state index in [-0.39, 0.29) is 36.7 Å². The first-order valence-corrected chi connectivity index (χ1v) is 10.2. The van der Waals surface area contributed by atoms with Crippen LogP contribution in [-0.4, -0.2) is 54.2 Å². The highest BCUT2D eigenvalue weighted by molar-refractivity contribution is 7.92. The summed E-state index contributed by atoms with van der Waals surface area (Å²) in [5.74, 6) is -1.97. The molecular weight excluding hydrogens is 406 g/mol. The van der Waals surface area contributed by atoms with Gasteiger partial charge in [-0.25, -0.2) is 8.42 Å². The molecule has 10 heteroatoms. The summed E-state index contributed by atoms with van der Waals surface area (Å²) in [6.07, 6.45) is 0.573. The molecule has 1 saturated heterocycles. The Balaban J connectivity index is 0.00000280. The van der Waals surface area contributed by atoms with Crippen LogP contribution in [0.1, 0.15) is 25.3 Å². The molecule has 2 aliphatic rings. The van der Waals surface area contributed by atoms with E-state index >= 15 is 0 Å². The molecule has 0 bridgehead atoms. The molecule has 0 spiro atoms. The summed E-state index contributed by atoms with van der Waals surface area (Å²) in [6, 6.07) is 6.82. The van der Waals surface area contributed by atoms with E-state index in [0.29, 0.717) is 12.0 Å². The predicted octanol–water partition coefficient (Wildman–Crippen LogP) is 0.740. The fourth-order valence-corrected chi connectivity index (χ4v) is 5.98. The van der Waals surface area contributed by atoms with Crippen LogP contribution in [-0.2, 0) is 25.8 Å². The number of aryl methyl sites for hydroxylation is 1. The number of carboxylic acid groups (broad SMARTS) is 1. The van der Waals surface area contributed by atoms with Gasteiger partial charge in [0.15, 0.2) is 15.3 Å². The number of sulfone groups is 1. The second-order valence-corrected chi connectivity index (χ2v) is 9.28. The number of amides is 1. The number of halogens is 1. The zero-order valence-corrected chi connectivity index (χ0v) is 16.9. The zero-order valence-electron chi connectivity index (χ0n) is 15.2. The Bertz CT molecular complexity index is 945. The number of primary amides is 1. The molecular formula is C18H22ClN3O5S. The maximum absolute atomic E-state index is 13.2. The Morgan fingerprint density at radius 2 is 2.04 bits per heavy atom. The van der Waals surface area contributed by atoms with Gasteiger partial charge in [0, 0.05) is 12.6 Å². The lowest BCUT2D eigenvalue weighted by atomic mass is 10.1. The number of nitrogens with zero attached hydrogens (tertiary/aromatic N) is 2. The number of carbonyl (C=O) groups excluding carboxylic acids is 1. The number of nitrogens with two attached hydrogens (primary N) is 1. The maximum atomic E-state index is 13.2. The van der Waals surface area contributed by atoms with Crippen molar-refractivity contribution in [3.63, 3.8) is 0 Å². The second-order valence-electron chi connectivity index (χ2n) is 7.08. The lowest BCUT2D eigenvalue weighted by Crippen LogP contribution is -2.42. The van der Waals surface area contributed by atoms with Crippen LogP contribution >= 0.6 is 12.4 Å². The maximum Gasteiger partial charge on any atom is 0.320 e. The van der Waals surface area contributed by atoms with Crippen LogP contribution < -0.4 is 5.73 Å². The summed E-state index contributed by atoms with van der Waals surface area (Å²) in [5, 5.41) is 18.0. The molecule has 8 nitrogen and oxygen atoms in total. The highest BCUT2D eigenvalue weighted by atomic mass is 35.5. The molecule has 2 unspecified atom stereocenters. The number of aliphatic carboxylic acids is 1. The molecule has 3 N–H and O–H groups in total. The summed E-state index contributed by atoms with van der Waals surface area (Å²) in [5.41, 5.74) is 4.56. The quantitative estimate of drug-likeness (QED) is 0.681. The highest BCUT2D eigenvalue weighted by Gasteiger charge is 2.66. The second kappa shape index (κ2) is 7.70. The van der Waals surface area contributed by atoms with Crippen molar-refractivity contribution in [1.82, 2.24) is 4.90 Å². The molecule has 0 radical (unpaired) electrons. The lowest BCUT2D eigenvalue weighted by Gasteiger charge is -2.22. The van der Waals surface area contributed by atoms with Crippen molar-refractivity contribution in [3.8, 4) is 6.07 Å². The smallest absolute Gasteiger partial charge is 0.320 e. The number of hydrogen-bond acceptors (Lipinski definition) is 6. The molecule has 3 rings (SSSR count). The Labute approximate surface area is 169 Å². The van der Waals surface area contributed by atoms with E-state index in [2.05, 4.69) is 0 Å². The summed E-state index contributed by atoms with van der Waals surface area (Å²) in [6.45, 7) is 1.81. The molecule has 1 amide bonds. The minimum atomic E-state index is -3.75. The average molecular weight is 428 g/mol. The van der Waals surface area contributed by atoms with Crippen LogP contribution in [0.5, 0.6) is 0 Å². The number of likely N-dealkylation sites (tertiary alicyclic amines) is 1. The van der Waals surface area contributed by atoms with Gasteiger partial charge >= 0.3 is 5.97 Å². The number of hydrogen-bond donors (Lipinski definition) is 2. The molecule has 1 aliphatic heterocycles. The van der Waals surface area contributed by atoms with E-state index in [1.165, 1.54) is 11.0 Å². The van der Waals surface area contributed by atoms with Gasteiger partial charge in [0.1, 0.15) is 6.04 Å². The lowest BCUT2D eigenvalue weighted by molar-refractivity contribution is -0.142. The molecule has 1 heterocycles. The van der Waals surface area contributed by atoms with Crippen LogP contribution in [0.4, 0.5) is 0 Å². The minimum Gasteiger partial charge on any atom is -0.480 e. The zero-order chi connectivity index (χ0) is 20.0. The van der Waals surface area contributed by atoms with Crippen molar-refractivity contribution in [3.05, 3.63) is 29.8 Å². The average Bonchev–Trinajstić information content (AvgIpc) is 3.22. The number of rotatable bonds is 6. The van der Waals surface area contributed by atoms with Crippen LogP contribution in [0, 0.1) is 16.7 Å². The number of carboxylic acids is 1. The molecule has 1 aliphatic carbocycles. The first-order valence-electron chi connectivity index (χ1n) is 8.70. The Kier molecular flexibility index (Phi) is 6.09. The van der Waals surface area contributed by atoms with Crippen molar-refractivity contribution in [2.45, 2.75) is 48.4 Å². The van der Waals surface area contributed by atoms with Crippen LogP contribution in [0.25, 0.3) is 0 Å². The molecule has 1 saturated carbocycles. The van der Waals surface area contributed by atoms with E-state index in [0.717, 1.165) is 0 Å². The number of benzene rings is 1. The fraction of sp³-hybridized carbons (Fsp3) is 0.500. The molecule has 4 atom stereocenters. The fourth-order valence-electron chi connectivity index (χ4n) is 3.97. The molecule has 0 aromatic heterocycles. The topological polar surface area (TPSA) is 142 Å². The molecule has 1 aromatic rings. The standard InChI is InChI=1S/C18H21N3O5S.ClH/c1-2-11-5-3-4-6-14(11)27(25,26)12-7-13(16(22)23)21(9-12)15-8-18(15,10-19)17(20)24;/h3-6,12-13,15H,2,7-9H2,1H3,(H2,20,24)(H,22,23);1H/t12-,13+,15?,18?;/m1./s1. The van der Waals surface area contributed by atoms with Crippen molar-refractivity contribution >= 4 is 34.1 Å². The third-order valence-electron chi connectivity index (χ3n) is 5.65. The van der Waals surface area contributed by atoms with Gasteiger partial charge in [-0.3, -0.25) is 14.5 Å². The summed E-state index contributed by atoms with van der Waals surface area (Å²) < 4.78 is 26.3. The molecule has 2 fully saturated rings. The third-order valence-corrected chi connectivity index (χ3v) is 7.88. The van der Waals surface area contributed by atoms with E-state index in [4.69, 9.17) is 5.73 Å². The van der Waals surface area contributed by atoms with Gasteiger partial charge in [-0.15, -0.1) is 12.4 Å². The van der Waals surface area contributed by atoms with Gasteiger partial charge in [0.25, 0.3) is 0 Å². The van der Waals surface area contributed by atoms with Gasteiger partial charge in [-0.2, -0.15) is 5.26 Å². The summed E-state index contributed by atoms with van der Waals surface area (Å²) in [4.78, 5) is 25.0. The van der Waals surface area contributed by atoms with Gasteiger partial charge in [0.2, 0.25) is 5.91 Å². The van der Waals surface area contributed by atoms with Crippen molar-refractivity contribution in [2.75, 3.05) is 6.54 Å². The van der Waals surface area contributed by atoms with Crippen molar-refractivity contribution < 1.29 is 23.1 Å². The van der Waals surface area contributed by atoms with E-state index in [9.17, 15) is 28.4 Å². The summed E-state index contributed by atoms with van der Waals surface area (Å²) >= 11 is 0.